The lowest BCUT2D eigenvalue weighted by atomic mass is 10.2. The molecule has 0 heterocycles. The van der Waals surface area contributed by atoms with E-state index in [-0.39, 0.29) is 10.9 Å². The minimum Gasteiger partial charge on any atom is -0.478 e. The van der Waals surface area contributed by atoms with Crippen LogP contribution in [0.5, 0.6) is 0 Å². The molecule has 1 unspecified atom stereocenters. The van der Waals surface area contributed by atoms with Gasteiger partial charge in [-0.1, -0.05) is 15.9 Å². The second kappa shape index (κ2) is 6.30. The fraction of sp³-hybridized carbons (Fsp3) is 0.273. The van der Waals surface area contributed by atoms with E-state index in [9.17, 15) is 17.6 Å². The van der Waals surface area contributed by atoms with E-state index in [1.165, 1.54) is 6.92 Å². The van der Waals surface area contributed by atoms with Gasteiger partial charge in [0.25, 0.3) is 0 Å². The lowest BCUT2D eigenvalue weighted by Crippen LogP contribution is -2.33. The maximum absolute atomic E-state index is 13.9. The van der Waals surface area contributed by atoms with E-state index < -0.39 is 38.3 Å². The molecule has 0 spiro atoms. The maximum Gasteiger partial charge on any atom is 0.338 e. The Labute approximate surface area is 123 Å². The van der Waals surface area contributed by atoms with E-state index in [2.05, 4.69) is 20.7 Å². The molecule has 0 aliphatic carbocycles. The van der Waals surface area contributed by atoms with E-state index in [0.717, 1.165) is 12.1 Å². The van der Waals surface area contributed by atoms with E-state index in [1.54, 1.807) is 6.07 Å². The zero-order chi connectivity index (χ0) is 15.5. The molecule has 0 saturated heterocycles. The van der Waals surface area contributed by atoms with Crippen molar-refractivity contribution in [2.45, 2.75) is 24.3 Å². The van der Waals surface area contributed by atoms with Gasteiger partial charge in [0.2, 0.25) is 10.0 Å². The molecule has 0 saturated carbocycles. The van der Waals surface area contributed by atoms with Gasteiger partial charge >= 0.3 is 5.97 Å². The van der Waals surface area contributed by atoms with Crippen LogP contribution in [0.4, 0.5) is 4.39 Å². The average Bonchev–Trinajstić information content (AvgIpc) is 2.30. The van der Waals surface area contributed by atoms with Crippen LogP contribution in [0.25, 0.3) is 0 Å². The zero-order valence-electron chi connectivity index (χ0n) is 10.2. The van der Waals surface area contributed by atoms with Crippen LogP contribution in [0.2, 0.25) is 0 Å². The quantitative estimate of drug-likeness (QED) is 0.828. The summed E-state index contributed by atoms with van der Waals surface area (Å²) in [6.07, 6.45) is -0.0966. The number of halogens is 2. The van der Waals surface area contributed by atoms with E-state index in [1.807, 2.05) is 0 Å². The van der Waals surface area contributed by atoms with Gasteiger partial charge in [0.05, 0.1) is 18.1 Å². The molecule has 1 aromatic rings. The molecule has 2 N–H and O–H groups in total. The van der Waals surface area contributed by atoms with Gasteiger partial charge in [-0.05, 0) is 19.1 Å². The Bertz CT molecular complexity index is 684. The topological polar surface area (TPSA) is 107 Å². The normalized spacial score (nSPS) is 12.7. The van der Waals surface area contributed by atoms with Crippen molar-refractivity contribution in [1.29, 1.82) is 5.26 Å². The highest BCUT2D eigenvalue weighted by Crippen LogP contribution is 2.24. The second-order valence-corrected chi connectivity index (χ2v) is 6.55. The van der Waals surface area contributed by atoms with Crippen LogP contribution in [0.1, 0.15) is 23.7 Å². The lowest BCUT2D eigenvalue weighted by Gasteiger charge is -2.13. The number of hydrogen-bond acceptors (Lipinski definition) is 4. The minimum absolute atomic E-state index is 0.0966. The maximum atomic E-state index is 13.9. The van der Waals surface area contributed by atoms with Crippen LogP contribution >= 0.6 is 15.9 Å². The summed E-state index contributed by atoms with van der Waals surface area (Å²) in [5.41, 5.74) is -0.757. The summed E-state index contributed by atoms with van der Waals surface area (Å²) in [5, 5.41) is 17.3. The summed E-state index contributed by atoms with van der Waals surface area (Å²) in [5.74, 6) is -2.93. The van der Waals surface area contributed by atoms with Crippen molar-refractivity contribution in [1.82, 2.24) is 4.72 Å². The SMILES string of the molecule is CC(CC#N)NS(=O)(=O)c1cc(Br)cc(C(=O)O)c1F. The number of rotatable bonds is 5. The molecule has 1 aromatic carbocycles. The summed E-state index contributed by atoms with van der Waals surface area (Å²) in [6.45, 7) is 1.44. The summed E-state index contributed by atoms with van der Waals surface area (Å²) in [4.78, 5) is 10.1. The fourth-order valence-electron chi connectivity index (χ4n) is 1.42. The van der Waals surface area contributed by atoms with Crippen LogP contribution in [-0.4, -0.2) is 25.5 Å². The molecule has 0 radical (unpaired) electrons. The number of carboxylic acids is 1. The van der Waals surface area contributed by atoms with E-state index in [0.29, 0.717) is 0 Å². The average molecular weight is 365 g/mol. The number of hydrogen-bond donors (Lipinski definition) is 2. The van der Waals surface area contributed by atoms with Crippen molar-refractivity contribution in [2.24, 2.45) is 0 Å². The summed E-state index contributed by atoms with van der Waals surface area (Å²) >= 11 is 2.93. The van der Waals surface area contributed by atoms with E-state index in [4.69, 9.17) is 10.4 Å². The van der Waals surface area contributed by atoms with Crippen LogP contribution in [0.3, 0.4) is 0 Å². The fourth-order valence-corrected chi connectivity index (χ4v) is 3.40. The number of sulfonamides is 1. The molecule has 6 nitrogen and oxygen atoms in total. The Morgan fingerprint density at radius 2 is 2.20 bits per heavy atom. The number of nitriles is 1. The van der Waals surface area contributed by atoms with Gasteiger partial charge in [0, 0.05) is 10.5 Å². The van der Waals surface area contributed by atoms with Crippen LogP contribution < -0.4 is 4.72 Å². The van der Waals surface area contributed by atoms with Gasteiger partial charge < -0.3 is 5.11 Å². The first-order chi connectivity index (χ1) is 9.19. The van der Waals surface area contributed by atoms with Gasteiger partial charge in [-0.2, -0.15) is 5.26 Å². The Balaban J connectivity index is 3.33. The molecule has 0 bridgehead atoms. The van der Waals surface area contributed by atoms with Crippen LogP contribution in [-0.2, 0) is 10.0 Å². The number of nitrogens with one attached hydrogen (secondary N) is 1. The molecule has 0 aliphatic rings. The number of aromatic carboxylic acids is 1. The number of carbonyl (C=O) groups is 1. The lowest BCUT2D eigenvalue weighted by molar-refractivity contribution is 0.0691. The largest absolute Gasteiger partial charge is 0.478 e. The van der Waals surface area contributed by atoms with Gasteiger partial charge in [-0.25, -0.2) is 22.3 Å². The van der Waals surface area contributed by atoms with Crippen LogP contribution in [0.15, 0.2) is 21.5 Å². The van der Waals surface area contributed by atoms with Crippen molar-refractivity contribution in [2.75, 3.05) is 0 Å². The highest BCUT2D eigenvalue weighted by molar-refractivity contribution is 9.10. The molecule has 0 fully saturated rings. The molecule has 20 heavy (non-hydrogen) atoms. The highest BCUT2D eigenvalue weighted by Gasteiger charge is 2.26. The third-order valence-corrected chi connectivity index (χ3v) is 4.32. The Kier molecular flexibility index (Phi) is 5.21. The van der Waals surface area contributed by atoms with Crippen molar-refractivity contribution in [3.8, 4) is 6.07 Å². The summed E-state index contributed by atoms with van der Waals surface area (Å²) < 4.78 is 40.2. The molecular weight excluding hydrogens is 355 g/mol. The third kappa shape index (κ3) is 3.75. The summed E-state index contributed by atoms with van der Waals surface area (Å²) in [7, 11) is -4.26. The first-order valence-corrected chi connectivity index (χ1v) is 7.58. The number of carboxylic acid groups (broad SMARTS) is 1. The number of nitrogens with zero attached hydrogens (tertiary/aromatic N) is 1. The van der Waals surface area contributed by atoms with Gasteiger partial charge in [0.1, 0.15) is 4.90 Å². The first kappa shape index (κ1) is 16.6. The van der Waals surface area contributed by atoms with Crippen molar-refractivity contribution < 1.29 is 22.7 Å². The predicted molar refractivity (Wildman–Crippen MR) is 71.1 cm³/mol. The van der Waals surface area contributed by atoms with E-state index >= 15 is 0 Å². The molecule has 0 amide bonds. The van der Waals surface area contributed by atoms with Crippen molar-refractivity contribution >= 4 is 31.9 Å². The molecule has 108 valence electrons. The first-order valence-electron chi connectivity index (χ1n) is 5.30. The van der Waals surface area contributed by atoms with Crippen LogP contribution in [0, 0.1) is 17.1 Å². The molecule has 0 aliphatic heterocycles. The minimum atomic E-state index is -4.26. The highest BCUT2D eigenvalue weighted by atomic mass is 79.9. The smallest absolute Gasteiger partial charge is 0.338 e. The van der Waals surface area contributed by atoms with Crippen molar-refractivity contribution in [3.63, 3.8) is 0 Å². The third-order valence-electron chi connectivity index (χ3n) is 2.28. The Morgan fingerprint density at radius 1 is 1.60 bits per heavy atom. The van der Waals surface area contributed by atoms with Crippen molar-refractivity contribution in [3.05, 3.63) is 28.0 Å². The standard InChI is InChI=1S/C11H10BrFN2O4S/c1-6(2-3-14)15-20(18,19)9-5-7(12)4-8(10(9)13)11(16)17/h4-6,15H,2H2,1H3,(H,16,17). The van der Waals surface area contributed by atoms with Gasteiger partial charge in [-0.15, -0.1) is 0 Å². The van der Waals surface area contributed by atoms with Gasteiger partial charge in [0.15, 0.2) is 5.82 Å². The molecule has 0 aromatic heterocycles. The Hall–Kier alpha value is -1.50. The molecule has 9 heteroatoms. The second-order valence-electron chi connectivity index (χ2n) is 3.96. The molecular formula is C11H10BrFN2O4S. The Morgan fingerprint density at radius 3 is 2.70 bits per heavy atom. The number of benzene rings is 1. The monoisotopic (exact) mass is 364 g/mol. The molecule has 1 rings (SSSR count). The molecule has 1 atom stereocenters. The summed E-state index contributed by atoms with van der Waals surface area (Å²) in [6, 6.07) is 2.98. The predicted octanol–water partition coefficient (Wildman–Crippen LogP) is 1.87. The van der Waals surface area contributed by atoms with Gasteiger partial charge in [-0.3, -0.25) is 0 Å². The zero-order valence-corrected chi connectivity index (χ0v) is 12.6.